The average molecular weight is 379 g/mol. The van der Waals surface area contributed by atoms with Crippen LogP contribution in [0.5, 0.6) is 0 Å². The number of hydrogen-bond acceptors (Lipinski definition) is 5. The molecule has 8 heteroatoms. The summed E-state index contributed by atoms with van der Waals surface area (Å²) in [4.78, 5) is 12.3. The highest BCUT2D eigenvalue weighted by Gasteiger charge is 2.65. The predicted octanol–water partition coefficient (Wildman–Crippen LogP) is 2.12. The first-order valence-electron chi connectivity index (χ1n) is 9.10. The number of H-pyrrole nitrogens is 1. The SMILES string of the molecule is O=C(/C=C/c1ccc(F)c2ccccc12)NCC12CC(c3nn[nH]n3)(CO1)C2. The molecular formula is C20H18FN5O2. The summed E-state index contributed by atoms with van der Waals surface area (Å²) in [6.07, 6.45) is 4.71. The van der Waals surface area contributed by atoms with E-state index in [1.807, 2.05) is 12.1 Å². The normalized spacial score (nSPS) is 25.9. The molecule has 28 heavy (non-hydrogen) atoms. The maximum Gasteiger partial charge on any atom is 0.244 e. The number of aromatic nitrogens is 4. The van der Waals surface area contributed by atoms with Gasteiger partial charge in [-0.15, -0.1) is 10.2 Å². The largest absolute Gasteiger partial charge is 0.372 e. The van der Waals surface area contributed by atoms with Crippen LogP contribution in [0.1, 0.15) is 24.2 Å². The highest BCUT2D eigenvalue weighted by Crippen LogP contribution is 2.57. The van der Waals surface area contributed by atoms with Crippen LogP contribution in [0.3, 0.4) is 0 Å². The molecule has 7 nitrogen and oxygen atoms in total. The van der Waals surface area contributed by atoms with Crippen molar-refractivity contribution in [2.24, 2.45) is 0 Å². The lowest BCUT2D eigenvalue weighted by Gasteiger charge is -2.42. The van der Waals surface area contributed by atoms with E-state index >= 15 is 0 Å². The van der Waals surface area contributed by atoms with E-state index in [0.717, 1.165) is 23.8 Å². The van der Waals surface area contributed by atoms with Gasteiger partial charge < -0.3 is 10.1 Å². The van der Waals surface area contributed by atoms with Gasteiger partial charge in [-0.3, -0.25) is 4.79 Å². The lowest BCUT2D eigenvalue weighted by Crippen LogP contribution is -2.53. The van der Waals surface area contributed by atoms with E-state index in [1.165, 1.54) is 12.1 Å². The fourth-order valence-electron chi connectivity index (χ4n) is 4.37. The molecule has 2 N–H and O–H groups in total. The Morgan fingerprint density at radius 1 is 1.25 bits per heavy atom. The summed E-state index contributed by atoms with van der Waals surface area (Å²) in [6, 6.07) is 10.3. The van der Waals surface area contributed by atoms with Crippen molar-refractivity contribution < 1.29 is 13.9 Å². The lowest BCUT2D eigenvalue weighted by atomic mass is 9.62. The molecule has 0 radical (unpaired) electrons. The zero-order valence-corrected chi connectivity index (χ0v) is 15.0. The number of tetrazole rings is 1. The first-order valence-corrected chi connectivity index (χ1v) is 9.10. The molecule has 0 spiro atoms. The van der Waals surface area contributed by atoms with Gasteiger partial charge in [0.1, 0.15) is 5.82 Å². The number of carbonyl (C=O) groups is 1. The molecule has 2 aromatic carbocycles. The summed E-state index contributed by atoms with van der Waals surface area (Å²) < 4.78 is 19.8. The fourth-order valence-corrected chi connectivity index (χ4v) is 4.37. The Morgan fingerprint density at radius 3 is 2.86 bits per heavy atom. The quantitative estimate of drug-likeness (QED) is 0.663. The standard InChI is InChI=1S/C20H18FN5O2/c21-16-7-5-13(14-3-1-2-4-15(14)16)6-8-17(27)22-11-20-9-19(10-20,12-28-20)18-23-25-26-24-18/h1-8H,9-12H2,(H,22,27)(H,23,24,25,26)/b8-6+. The molecule has 3 aromatic rings. The van der Waals surface area contributed by atoms with E-state index in [4.69, 9.17) is 4.74 Å². The van der Waals surface area contributed by atoms with Crippen LogP contribution in [-0.4, -0.2) is 45.3 Å². The first kappa shape index (κ1) is 17.0. The van der Waals surface area contributed by atoms with E-state index < -0.39 is 0 Å². The van der Waals surface area contributed by atoms with Gasteiger partial charge in [-0.25, -0.2) is 4.39 Å². The maximum atomic E-state index is 13.9. The van der Waals surface area contributed by atoms with E-state index in [0.29, 0.717) is 24.4 Å². The molecule has 1 aromatic heterocycles. The van der Waals surface area contributed by atoms with Crippen molar-refractivity contribution in [1.82, 2.24) is 25.9 Å². The van der Waals surface area contributed by atoms with Crippen LogP contribution in [0.2, 0.25) is 0 Å². The summed E-state index contributed by atoms with van der Waals surface area (Å²) in [6.45, 7) is 0.972. The van der Waals surface area contributed by atoms with Crippen molar-refractivity contribution >= 4 is 22.8 Å². The highest BCUT2D eigenvalue weighted by atomic mass is 19.1. The molecule has 2 aliphatic heterocycles. The van der Waals surface area contributed by atoms with Gasteiger partial charge in [-0.1, -0.05) is 35.5 Å². The van der Waals surface area contributed by atoms with E-state index in [1.54, 1.807) is 24.3 Å². The summed E-state index contributed by atoms with van der Waals surface area (Å²) in [5, 5.41) is 18.5. The number of ether oxygens (including phenoxy) is 1. The van der Waals surface area contributed by atoms with E-state index in [-0.39, 0.29) is 22.7 Å². The van der Waals surface area contributed by atoms with Gasteiger partial charge in [-0.05, 0) is 35.9 Å². The maximum absolute atomic E-state index is 13.9. The Labute approximate surface area is 160 Å². The van der Waals surface area contributed by atoms with Crippen molar-refractivity contribution in [1.29, 1.82) is 0 Å². The third-order valence-electron chi connectivity index (χ3n) is 5.70. The molecule has 3 fully saturated rings. The number of amides is 1. The van der Waals surface area contributed by atoms with Crippen LogP contribution in [0.25, 0.3) is 16.8 Å². The molecule has 2 bridgehead atoms. The third-order valence-corrected chi connectivity index (χ3v) is 5.70. The smallest absolute Gasteiger partial charge is 0.244 e. The second kappa shape index (κ2) is 6.20. The monoisotopic (exact) mass is 379 g/mol. The second-order valence-corrected chi connectivity index (χ2v) is 7.57. The topological polar surface area (TPSA) is 92.8 Å². The number of carbonyl (C=O) groups excluding carboxylic acids is 1. The van der Waals surface area contributed by atoms with Crippen molar-refractivity contribution in [3.05, 3.63) is 59.7 Å². The van der Waals surface area contributed by atoms with Gasteiger partial charge in [0.25, 0.3) is 0 Å². The summed E-state index contributed by atoms with van der Waals surface area (Å²) in [5.74, 6) is 0.190. The second-order valence-electron chi connectivity index (χ2n) is 7.57. The minimum absolute atomic E-state index is 0.180. The molecule has 1 aliphatic carbocycles. The molecule has 6 rings (SSSR count). The molecule has 3 heterocycles. The number of nitrogens with one attached hydrogen (secondary N) is 2. The van der Waals surface area contributed by atoms with Crippen LogP contribution in [-0.2, 0) is 14.9 Å². The number of benzene rings is 2. The molecule has 1 amide bonds. The molecule has 0 unspecified atom stereocenters. The Kier molecular flexibility index (Phi) is 3.77. The van der Waals surface area contributed by atoms with Crippen LogP contribution >= 0.6 is 0 Å². The summed E-state index contributed by atoms with van der Waals surface area (Å²) in [7, 11) is 0. The van der Waals surface area contributed by atoms with Crippen molar-refractivity contribution in [3.8, 4) is 0 Å². The Morgan fingerprint density at radius 2 is 2.07 bits per heavy atom. The molecule has 142 valence electrons. The van der Waals surface area contributed by atoms with Crippen molar-refractivity contribution in [2.75, 3.05) is 13.2 Å². The molecule has 0 atom stereocenters. The van der Waals surface area contributed by atoms with E-state index in [9.17, 15) is 9.18 Å². The number of rotatable bonds is 5. The van der Waals surface area contributed by atoms with E-state index in [2.05, 4.69) is 25.9 Å². The molecular weight excluding hydrogens is 361 g/mol. The van der Waals surface area contributed by atoms with Gasteiger partial charge in [0, 0.05) is 18.0 Å². The average Bonchev–Trinajstić information content (AvgIpc) is 3.41. The first-order chi connectivity index (χ1) is 13.6. The molecule has 2 saturated heterocycles. The zero-order valence-electron chi connectivity index (χ0n) is 15.0. The summed E-state index contributed by atoms with van der Waals surface area (Å²) in [5.41, 5.74) is 0.259. The highest BCUT2D eigenvalue weighted by molar-refractivity contribution is 5.96. The molecule has 3 aliphatic rings. The van der Waals surface area contributed by atoms with Crippen molar-refractivity contribution in [3.63, 3.8) is 0 Å². The molecule has 1 saturated carbocycles. The number of nitrogens with zero attached hydrogens (tertiary/aromatic N) is 3. The third kappa shape index (κ3) is 2.68. The van der Waals surface area contributed by atoms with Gasteiger partial charge >= 0.3 is 0 Å². The van der Waals surface area contributed by atoms with Gasteiger partial charge in [0.15, 0.2) is 5.82 Å². The number of aromatic amines is 1. The zero-order chi connectivity index (χ0) is 19.2. The lowest BCUT2D eigenvalue weighted by molar-refractivity contribution is -0.118. The Hall–Kier alpha value is -3.13. The minimum Gasteiger partial charge on any atom is -0.372 e. The van der Waals surface area contributed by atoms with Crippen LogP contribution < -0.4 is 5.32 Å². The minimum atomic E-state index is -0.354. The number of fused-ring (bicyclic) bond motifs is 2. The van der Waals surface area contributed by atoms with Crippen LogP contribution in [0, 0.1) is 5.82 Å². The van der Waals surface area contributed by atoms with Gasteiger partial charge in [-0.2, -0.15) is 5.21 Å². The Bertz CT molecular complexity index is 1070. The summed E-state index contributed by atoms with van der Waals surface area (Å²) >= 11 is 0. The van der Waals surface area contributed by atoms with Gasteiger partial charge in [0.2, 0.25) is 5.91 Å². The Balaban J connectivity index is 1.23. The van der Waals surface area contributed by atoms with Crippen LogP contribution in [0.4, 0.5) is 4.39 Å². The van der Waals surface area contributed by atoms with Crippen molar-refractivity contribution in [2.45, 2.75) is 23.9 Å². The predicted molar refractivity (Wildman–Crippen MR) is 99.7 cm³/mol. The number of halogens is 1. The number of hydrogen-bond donors (Lipinski definition) is 2. The fraction of sp³-hybridized carbons (Fsp3) is 0.300. The van der Waals surface area contributed by atoms with Gasteiger partial charge in [0.05, 0.1) is 17.6 Å². The van der Waals surface area contributed by atoms with Crippen LogP contribution in [0.15, 0.2) is 42.5 Å².